The number of halogens is 1. The quantitative estimate of drug-likeness (QED) is 0.217. The largest absolute Gasteiger partial charge is 0.353 e. The summed E-state index contributed by atoms with van der Waals surface area (Å²) in [5, 5.41) is 13.8. The summed E-state index contributed by atoms with van der Waals surface area (Å²) in [4.78, 5) is 17.1. The highest BCUT2D eigenvalue weighted by Crippen LogP contribution is 2.28. The van der Waals surface area contributed by atoms with E-state index < -0.39 is 0 Å². The smallest absolute Gasteiger partial charge is 0.220 e. The average molecular weight is 539 g/mol. The van der Waals surface area contributed by atoms with E-state index >= 15 is 0 Å². The second-order valence-corrected chi connectivity index (χ2v) is 10.8. The van der Waals surface area contributed by atoms with Gasteiger partial charge in [0.1, 0.15) is 5.52 Å². The van der Waals surface area contributed by atoms with Gasteiger partial charge in [0.15, 0.2) is 5.65 Å². The number of amides is 1. The first-order valence-corrected chi connectivity index (χ1v) is 13.7. The lowest BCUT2D eigenvalue weighted by molar-refractivity contribution is -0.122. The number of nitrogens with zero attached hydrogens (tertiary/aromatic N) is 4. The van der Waals surface area contributed by atoms with Crippen molar-refractivity contribution in [1.82, 2.24) is 25.1 Å². The molecule has 0 aliphatic heterocycles. The summed E-state index contributed by atoms with van der Waals surface area (Å²) in [7, 11) is 0. The van der Waals surface area contributed by atoms with Gasteiger partial charge in [0.25, 0.3) is 0 Å². The van der Waals surface area contributed by atoms with Crippen LogP contribution in [0.25, 0.3) is 22.1 Å². The fourth-order valence-electron chi connectivity index (χ4n) is 4.63. The van der Waals surface area contributed by atoms with Crippen LogP contribution in [-0.4, -0.2) is 37.5 Å². The lowest BCUT2D eigenvalue weighted by Crippen LogP contribution is -2.36. The van der Waals surface area contributed by atoms with E-state index in [1.807, 2.05) is 12.1 Å². The van der Waals surface area contributed by atoms with Crippen molar-refractivity contribution in [3.05, 3.63) is 58.6 Å². The average Bonchev–Trinajstić information content (AvgIpc) is 3.17. The molecule has 34 heavy (non-hydrogen) atoms. The second kappa shape index (κ2) is 10.9. The van der Waals surface area contributed by atoms with Crippen LogP contribution >= 0.6 is 27.7 Å². The van der Waals surface area contributed by atoms with Crippen molar-refractivity contribution >= 4 is 55.7 Å². The predicted octanol–water partition coefficient (Wildman–Crippen LogP) is 6.11. The van der Waals surface area contributed by atoms with Crippen LogP contribution in [-0.2, 0) is 11.3 Å². The Kier molecular flexibility index (Phi) is 7.45. The zero-order valence-electron chi connectivity index (χ0n) is 19.0. The highest BCUT2D eigenvalue weighted by Gasteiger charge is 2.17. The summed E-state index contributed by atoms with van der Waals surface area (Å²) in [5.41, 5.74) is 3.96. The summed E-state index contributed by atoms with van der Waals surface area (Å²) < 4.78 is 3.28. The topological polar surface area (TPSA) is 72.7 Å². The van der Waals surface area contributed by atoms with Gasteiger partial charge in [-0.25, -0.2) is 4.98 Å². The molecule has 0 radical (unpaired) electrons. The summed E-state index contributed by atoms with van der Waals surface area (Å²) in [6.07, 6.45) is 7.33. The fraction of sp³-hybridized carbons (Fsp3) is 0.385. The molecule has 0 saturated heterocycles. The van der Waals surface area contributed by atoms with Crippen molar-refractivity contribution in [2.24, 2.45) is 0 Å². The Hall–Kier alpha value is -2.45. The van der Waals surface area contributed by atoms with Crippen LogP contribution in [0, 0.1) is 0 Å². The molecule has 2 aromatic carbocycles. The van der Waals surface area contributed by atoms with Crippen LogP contribution in [0.4, 0.5) is 0 Å². The summed E-state index contributed by atoms with van der Waals surface area (Å²) in [6.45, 7) is 0.710. The van der Waals surface area contributed by atoms with Crippen LogP contribution in [0.2, 0.25) is 0 Å². The van der Waals surface area contributed by atoms with Crippen molar-refractivity contribution in [1.29, 1.82) is 0 Å². The van der Waals surface area contributed by atoms with Crippen molar-refractivity contribution in [2.45, 2.75) is 62.7 Å². The lowest BCUT2D eigenvalue weighted by Gasteiger charge is -2.22. The van der Waals surface area contributed by atoms with Gasteiger partial charge in [0.2, 0.25) is 11.1 Å². The number of para-hydroxylation sites is 1. The molecule has 2 heterocycles. The van der Waals surface area contributed by atoms with Gasteiger partial charge in [-0.3, -0.25) is 4.79 Å². The van der Waals surface area contributed by atoms with E-state index in [0.717, 1.165) is 51.6 Å². The van der Waals surface area contributed by atoms with Crippen molar-refractivity contribution in [3.8, 4) is 0 Å². The van der Waals surface area contributed by atoms with Gasteiger partial charge in [0, 0.05) is 34.6 Å². The maximum absolute atomic E-state index is 12.3. The van der Waals surface area contributed by atoms with Crippen LogP contribution in [0.5, 0.6) is 0 Å². The van der Waals surface area contributed by atoms with Gasteiger partial charge in [-0.15, -0.1) is 10.2 Å². The third kappa shape index (κ3) is 5.44. The molecule has 1 amide bonds. The number of benzene rings is 2. The Morgan fingerprint density at radius 3 is 2.68 bits per heavy atom. The number of nitrogens with one attached hydrogen (secondary N) is 1. The maximum Gasteiger partial charge on any atom is 0.220 e. The van der Waals surface area contributed by atoms with E-state index in [2.05, 4.69) is 72.4 Å². The molecule has 8 heteroatoms. The van der Waals surface area contributed by atoms with Crippen molar-refractivity contribution in [2.75, 3.05) is 5.75 Å². The van der Waals surface area contributed by atoms with Crippen molar-refractivity contribution in [3.63, 3.8) is 0 Å². The molecule has 1 N–H and O–H groups in total. The third-order valence-corrected chi connectivity index (χ3v) is 7.81. The molecule has 1 fully saturated rings. The predicted molar refractivity (Wildman–Crippen MR) is 141 cm³/mol. The number of hydrogen-bond donors (Lipinski definition) is 1. The van der Waals surface area contributed by atoms with Crippen LogP contribution in [0.1, 0.15) is 50.5 Å². The third-order valence-electron chi connectivity index (χ3n) is 6.36. The number of carbonyl (C=O) groups excluding carboxylic acids is 1. The number of carbonyl (C=O) groups is 1. The molecule has 0 unspecified atom stereocenters. The molecular formula is C26H28BrN5OS. The Balaban J connectivity index is 1.28. The minimum Gasteiger partial charge on any atom is -0.353 e. The Labute approximate surface area is 212 Å². The van der Waals surface area contributed by atoms with Gasteiger partial charge in [0.05, 0.1) is 5.52 Å². The molecule has 4 aromatic rings. The van der Waals surface area contributed by atoms with E-state index in [1.165, 1.54) is 24.8 Å². The first-order chi connectivity index (χ1) is 16.7. The van der Waals surface area contributed by atoms with E-state index in [1.54, 1.807) is 11.8 Å². The van der Waals surface area contributed by atoms with Crippen molar-refractivity contribution < 1.29 is 4.79 Å². The molecule has 6 nitrogen and oxygen atoms in total. The minimum atomic E-state index is 0.164. The van der Waals surface area contributed by atoms with Gasteiger partial charge in [-0.05, 0) is 43.0 Å². The highest BCUT2D eigenvalue weighted by molar-refractivity contribution is 9.10. The summed E-state index contributed by atoms with van der Waals surface area (Å²) in [5.74, 6) is 0.953. The van der Waals surface area contributed by atoms with Gasteiger partial charge < -0.3 is 9.88 Å². The molecule has 1 aliphatic carbocycles. The monoisotopic (exact) mass is 537 g/mol. The molecule has 0 atom stereocenters. The zero-order valence-corrected chi connectivity index (χ0v) is 21.4. The van der Waals surface area contributed by atoms with E-state index in [9.17, 15) is 4.79 Å². The molecular weight excluding hydrogens is 510 g/mol. The minimum absolute atomic E-state index is 0.164. The number of thioether (sulfide) groups is 1. The number of fused-ring (bicyclic) bond motifs is 3. The maximum atomic E-state index is 12.3. The van der Waals surface area contributed by atoms with E-state index in [0.29, 0.717) is 24.2 Å². The van der Waals surface area contributed by atoms with Gasteiger partial charge in [-0.2, -0.15) is 0 Å². The van der Waals surface area contributed by atoms with E-state index in [4.69, 9.17) is 4.98 Å². The normalized spacial score (nSPS) is 14.6. The number of rotatable bonds is 8. The first-order valence-electron chi connectivity index (χ1n) is 12.0. The second-order valence-electron chi connectivity index (χ2n) is 8.85. The molecule has 0 spiro atoms. The molecule has 2 aromatic heterocycles. The van der Waals surface area contributed by atoms with Gasteiger partial charge >= 0.3 is 0 Å². The molecule has 176 valence electrons. The Morgan fingerprint density at radius 2 is 1.85 bits per heavy atom. The molecule has 5 rings (SSSR count). The standard InChI is InChI=1S/C26H28BrN5OS/c27-19-14-12-18(13-15-19)17-32-22-10-5-4-9-21(22)24-25(32)29-26(31-30-24)34-16-6-11-23(33)28-20-7-2-1-3-8-20/h4-5,9-10,12-15,20H,1-3,6-8,11,16-17H2,(H,28,33). The highest BCUT2D eigenvalue weighted by atomic mass is 79.9. The Morgan fingerprint density at radius 1 is 1.06 bits per heavy atom. The molecule has 0 bridgehead atoms. The van der Waals surface area contributed by atoms with Crippen LogP contribution in [0.3, 0.4) is 0 Å². The van der Waals surface area contributed by atoms with Crippen LogP contribution in [0.15, 0.2) is 58.2 Å². The SMILES string of the molecule is O=C(CCCSc1nnc2c3ccccc3n(Cc3ccc(Br)cc3)c2n1)NC1CCCCC1. The Bertz CT molecular complexity index is 1280. The fourth-order valence-corrected chi connectivity index (χ4v) is 5.61. The molecule has 1 aliphatic rings. The lowest BCUT2D eigenvalue weighted by atomic mass is 9.95. The number of aromatic nitrogens is 4. The van der Waals surface area contributed by atoms with Gasteiger partial charge in [-0.1, -0.05) is 77.3 Å². The first kappa shape index (κ1) is 23.3. The summed E-state index contributed by atoms with van der Waals surface area (Å²) in [6, 6.07) is 17.0. The van der Waals surface area contributed by atoms with E-state index in [-0.39, 0.29) is 5.91 Å². The number of hydrogen-bond acceptors (Lipinski definition) is 5. The zero-order chi connectivity index (χ0) is 23.3. The summed E-state index contributed by atoms with van der Waals surface area (Å²) >= 11 is 5.08. The van der Waals surface area contributed by atoms with Crippen LogP contribution < -0.4 is 5.32 Å². The molecule has 1 saturated carbocycles.